The van der Waals surface area contributed by atoms with Crippen LogP contribution in [0.15, 0.2) is 30.3 Å². The van der Waals surface area contributed by atoms with Gasteiger partial charge in [-0.25, -0.2) is 0 Å². The Bertz CT molecular complexity index is 425. The van der Waals surface area contributed by atoms with E-state index in [0.717, 1.165) is 32.7 Å². The van der Waals surface area contributed by atoms with Crippen molar-refractivity contribution in [2.24, 2.45) is 0 Å². The molecule has 0 aromatic heterocycles. The van der Waals surface area contributed by atoms with Crippen molar-refractivity contribution in [3.05, 3.63) is 35.9 Å². The molecule has 0 saturated carbocycles. The minimum absolute atomic E-state index is 0. The van der Waals surface area contributed by atoms with E-state index in [2.05, 4.69) is 22.3 Å². The van der Waals surface area contributed by atoms with Crippen molar-refractivity contribution in [3.63, 3.8) is 0 Å². The molecule has 0 spiro atoms. The van der Waals surface area contributed by atoms with Crippen molar-refractivity contribution >= 4 is 18.3 Å². The number of hydrogen-bond acceptors (Lipinski definition) is 4. The second-order valence-corrected chi connectivity index (χ2v) is 5.37. The van der Waals surface area contributed by atoms with Gasteiger partial charge in [-0.2, -0.15) is 0 Å². The van der Waals surface area contributed by atoms with Crippen LogP contribution in [0, 0.1) is 0 Å². The molecule has 1 aromatic carbocycles. The fourth-order valence-corrected chi connectivity index (χ4v) is 2.58. The minimum atomic E-state index is 0. The average Bonchev–Trinajstić information content (AvgIpc) is 2.54. The van der Waals surface area contributed by atoms with Crippen LogP contribution in [0.5, 0.6) is 0 Å². The molecular weight excluding hydrogens is 302 g/mol. The first-order valence-corrected chi connectivity index (χ1v) is 7.65. The third-order valence-corrected chi connectivity index (χ3v) is 3.78. The predicted octanol–water partition coefficient (Wildman–Crippen LogP) is 0.725. The van der Waals surface area contributed by atoms with Gasteiger partial charge in [-0.1, -0.05) is 30.3 Å². The van der Waals surface area contributed by atoms with Crippen LogP contribution >= 0.6 is 12.4 Å². The van der Waals surface area contributed by atoms with Crippen LogP contribution in [-0.2, 0) is 11.3 Å². The van der Waals surface area contributed by atoms with Gasteiger partial charge in [0, 0.05) is 52.2 Å². The summed E-state index contributed by atoms with van der Waals surface area (Å²) in [5, 5.41) is 12.4. The quantitative estimate of drug-likeness (QED) is 0.775. The van der Waals surface area contributed by atoms with Crippen molar-refractivity contribution in [3.8, 4) is 0 Å². The monoisotopic (exact) mass is 327 g/mol. The van der Waals surface area contributed by atoms with Gasteiger partial charge in [0.25, 0.3) is 0 Å². The maximum Gasteiger partial charge on any atom is 0.223 e. The smallest absolute Gasteiger partial charge is 0.223 e. The highest BCUT2D eigenvalue weighted by molar-refractivity contribution is 5.85. The summed E-state index contributed by atoms with van der Waals surface area (Å²) < 4.78 is 0. The standard InChI is InChI=1S/C16H25N3O2.ClH/c20-13-12-18(14-15-4-2-1-3-5-15)9-6-16(21)19-10-7-17-8-11-19;/h1-5,17,20H,6-14H2;1H. The molecule has 1 aromatic rings. The van der Waals surface area contributed by atoms with E-state index in [1.54, 1.807) is 0 Å². The zero-order valence-electron chi connectivity index (χ0n) is 12.9. The maximum atomic E-state index is 12.2. The number of hydrogen-bond donors (Lipinski definition) is 2. The number of carbonyl (C=O) groups is 1. The number of carbonyl (C=O) groups excluding carboxylic acids is 1. The highest BCUT2D eigenvalue weighted by Gasteiger charge is 2.17. The number of benzene rings is 1. The third kappa shape index (κ3) is 6.32. The van der Waals surface area contributed by atoms with Crippen LogP contribution in [0.1, 0.15) is 12.0 Å². The second kappa shape index (κ2) is 10.6. The Morgan fingerprint density at radius 1 is 1.18 bits per heavy atom. The minimum Gasteiger partial charge on any atom is -0.395 e. The van der Waals surface area contributed by atoms with E-state index in [0.29, 0.717) is 19.5 Å². The fraction of sp³-hybridized carbons (Fsp3) is 0.562. The number of halogens is 1. The average molecular weight is 328 g/mol. The van der Waals surface area contributed by atoms with Gasteiger partial charge in [-0.15, -0.1) is 12.4 Å². The van der Waals surface area contributed by atoms with Gasteiger partial charge in [-0.3, -0.25) is 9.69 Å². The molecule has 0 bridgehead atoms. The lowest BCUT2D eigenvalue weighted by Gasteiger charge is -2.29. The Kier molecular flexibility index (Phi) is 9.08. The van der Waals surface area contributed by atoms with E-state index in [9.17, 15) is 9.90 Å². The van der Waals surface area contributed by atoms with Crippen molar-refractivity contribution in [1.29, 1.82) is 0 Å². The van der Waals surface area contributed by atoms with Crippen molar-refractivity contribution in [2.45, 2.75) is 13.0 Å². The fourth-order valence-electron chi connectivity index (χ4n) is 2.58. The summed E-state index contributed by atoms with van der Waals surface area (Å²) in [6.07, 6.45) is 0.521. The van der Waals surface area contributed by atoms with E-state index < -0.39 is 0 Å². The van der Waals surface area contributed by atoms with Crippen molar-refractivity contribution in [2.75, 3.05) is 45.9 Å². The molecule has 1 saturated heterocycles. The van der Waals surface area contributed by atoms with Gasteiger partial charge in [0.05, 0.1) is 6.61 Å². The van der Waals surface area contributed by atoms with Crippen LogP contribution in [0.3, 0.4) is 0 Å². The first-order valence-electron chi connectivity index (χ1n) is 7.65. The van der Waals surface area contributed by atoms with Gasteiger partial charge in [0.1, 0.15) is 0 Å². The van der Waals surface area contributed by atoms with Gasteiger partial charge in [0.15, 0.2) is 0 Å². The molecule has 2 rings (SSSR count). The molecule has 0 radical (unpaired) electrons. The Morgan fingerprint density at radius 3 is 2.50 bits per heavy atom. The van der Waals surface area contributed by atoms with Gasteiger partial charge >= 0.3 is 0 Å². The number of piperazine rings is 1. The molecule has 0 unspecified atom stereocenters. The molecule has 2 N–H and O–H groups in total. The first kappa shape index (κ1) is 18.9. The zero-order valence-corrected chi connectivity index (χ0v) is 13.7. The summed E-state index contributed by atoms with van der Waals surface area (Å²) in [5.74, 6) is 0.215. The lowest BCUT2D eigenvalue weighted by atomic mass is 10.2. The van der Waals surface area contributed by atoms with Crippen LogP contribution in [0.2, 0.25) is 0 Å². The molecular formula is C16H26ClN3O2. The number of rotatable bonds is 7. The molecule has 0 atom stereocenters. The molecule has 22 heavy (non-hydrogen) atoms. The summed E-state index contributed by atoms with van der Waals surface area (Å²) >= 11 is 0. The number of nitrogens with zero attached hydrogens (tertiary/aromatic N) is 2. The molecule has 6 heteroatoms. The molecule has 1 aliphatic rings. The first-order chi connectivity index (χ1) is 10.3. The molecule has 1 aliphatic heterocycles. The van der Waals surface area contributed by atoms with E-state index in [4.69, 9.17) is 0 Å². The highest BCUT2D eigenvalue weighted by Crippen LogP contribution is 2.06. The van der Waals surface area contributed by atoms with E-state index in [1.807, 2.05) is 23.1 Å². The predicted molar refractivity (Wildman–Crippen MR) is 90.1 cm³/mol. The maximum absolute atomic E-state index is 12.2. The number of aliphatic hydroxyl groups is 1. The number of aliphatic hydroxyl groups excluding tert-OH is 1. The summed E-state index contributed by atoms with van der Waals surface area (Å²) in [6, 6.07) is 10.2. The van der Waals surface area contributed by atoms with Crippen molar-refractivity contribution < 1.29 is 9.90 Å². The molecule has 124 valence electrons. The summed E-state index contributed by atoms with van der Waals surface area (Å²) in [6.45, 7) is 5.56. The Labute approximate surface area is 138 Å². The number of nitrogens with one attached hydrogen (secondary N) is 1. The van der Waals surface area contributed by atoms with E-state index in [1.165, 1.54) is 5.56 Å². The second-order valence-electron chi connectivity index (χ2n) is 5.37. The van der Waals surface area contributed by atoms with Crippen molar-refractivity contribution in [1.82, 2.24) is 15.1 Å². The van der Waals surface area contributed by atoms with Gasteiger partial charge in [0.2, 0.25) is 5.91 Å². The molecule has 0 aliphatic carbocycles. The Hall–Kier alpha value is -1.14. The van der Waals surface area contributed by atoms with Crippen LogP contribution in [0.4, 0.5) is 0 Å². The summed E-state index contributed by atoms with van der Waals surface area (Å²) in [5.41, 5.74) is 1.21. The largest absolute Gasteiger partial charge is 0.395 e. The van der Waals surface area contributed by atoms with Crippen LogP contribution in [0.25, 0.3) is 0 Å². The van der Waals surface area contributed by atoms with Crippen LogP contribution in [-0.4, -0.2) is 66.7 Å². The lowest BCUT2D eigenvalue weighted by molar-refractivity contribution is -0.132. The molecule has 1 amide bonds. The zero-order chi connectivity index (χ0) is 14.9. The molecule has 1 heterocycles. The number of amides is 1. The van der Waals surface area contributed by atoms with E-state index >= 15 is 0 Å². The third-order valence-electron chi connectivity index (χ3n) is 3.78. The lowest BCUT2D eigenvalue weighted by Crippen LogP contribution is -2.47. The van der Waals surface area contributed by atoms with E-state index in [-0.39, 0.29) is 24.9 Å². The molecule has 5 nitrogen and oxygen atoms in total. The SMILES string of the molecule is Cl.O=C(CCN(CCO)Cc1ccccc1)N1CCNCC1. The molecule has 1 fully saturated rings. The normalized spacial score (nSPS) is 14.7. The Morgan fingerprint density at radius 2 is 1.86 bits per heavy atom. The van der Waals surface area contributed by atoms with Crippen LogP contribution < -0.4 is 5.32 Å². The van der Waals surface area contributed by atoms with Gasteiger partial charge in [-0.05, 0) is 5.56 Å². The topological polar surface area (TPSA) is 55.8 Å². The highest BCUT2D eigenvalue weighted by atomic mass is 35.5. The Balaban J connectivity index is 0.00000242. The summed E-state index contributed by atoms with van der Waals surface area (Å²) in [4.78, 5) is 16.2. The summed E-state index contributed by atoms with van der Waals surface area (Å²) in [7, 11) is 0. The van der Waals surface area contributed by atoms with Gasteiger partial charge < -0.3 is 15.3 Å².